The van der Waals surface area contributed by atoms with Crippen molar-refractivity contribution in [2.24, 2.45) is 5.92 Å². The van der Waals surface area contributed by atoms with Crippen molar-refractivity contribution < 1.29 is 4.42 Å². The Morgan fingerprint density at radius 2 is 2.16 bits per heavy atom. The van der Waals surface area contributed by atoms with Crippen LogP contribution in [0.3, 0.4) is 0 Å². The van der Waals surface area contributed by atoms with Gasteiger partial charge in [0.1, 0.15) is 0 Å². The first-order chi connectivity index (χ1) is 8.88. The standard InChI is InChI=1S/C12H11Br2IN2O2/c1-5(2)3-7-9(15)12(18)17-11(16-7)8-4-6(13)10(14)19-8/h4-5H,3H2,1-2H3,(H,16,17,18). The average molecular weight is 502 g/mol. The third kappa shape index (κ3) is 3.49. The van der Waals surface area contributed by atoms with Crippen LogP contribution in [0.2, 0.25) is 0 Å². The number of aromatic nitrogens is 2. The SMILES string of the molecule is CC(C)Cc1nc(-c2cc(Br)c(Br)o2)[nH]c(=O)c1I. The summed E-state index contributed by atoms with van der Waals surface area (Å²) in [5, 5.41) is 0. The van der Waals surface area contributed by atoms with Gasteiger partial charge in [-0.05, 0) is 66.8 Å². The van der Waals surface area contributed by atoms with Crippen LogP contribution in [0, 0.1) is 9.49 Å². The third-order valence-corrected chi connectivity index (χ3v) is 5.23. The lowest BCUT2D eigenvalue weighted by molar-refractivity contribution is 0.547. The Balaban J connectivity index is 2.53. The molecule has 0 saturated heterocycles. The maximum absolute atomic E-state index is 11.9. The largest absolute Gasteiger partial charge is 0.445 e. The molecule has 0 aliphatic carbocycles. The number of aromatic amines is 1. The van der Waals surface area contributed by atoms with E-state index in [0.717, 1.165) is 16.6 Å². The average Bonchev–Trinajstić information content (AvgIpc) is 2.65. The normalized spacial score (nSPS) is 11.3. The zero-order valence-corrected chi connectivity index (χ0v) is 15.6. The van der Waals surface area contributed by atoms with Crippen LogP contribution in [0.15, 0.2) is 24.4 Å². The number of rotatable bonds is 3. The zero-order chi connectivity index (χ0) is 14.2. The van der Waals surface area contributed by atoms with Crippen molar-refractivity contribution in [2.45, 2.75) is 20.3 Å². The molecule has 2 aromatic rings. The molecule has 0 fully saturated rings. The van der Waals surface area contributed by atoms with E-state index < -0.39 is 0 Å². The molecule has 0 amide bonds. The maximum atomic E-state index is 11.9. The van der Waals surface area contributed by atoms with E-state index in [9.17, 15) is 4.79 Å². The summed E-state index contributed by atoms with van der Waals surface area (Å²) in [5.74, 6) is 1.41. The summed E-state index contributed by atoms with van der Waals surface area (Å²) in [4.78, 5) is 19.2. The number of halogens is 3. The first-order valence-corrected chi connectivity index (χ1v) is 8.29. The molecular weight excluding hydrogens is 491 g/mol. The van der Waals surface area contributed by atoms with Crippen LogP contribution < -0.4 is 5.56 Å². The fraction of sp³-hybridized carbons (Fsp3) is 0.333. The molecule has 0 spiro atoms. The van der Waals surface area contributed by atoms with Gasteiger partial charge < -0.3 is 9.40 Å². The summed E-state index contributed by atoms with van der Waals surface area (Å²) in [6.07, 6.45) is 0.762. The molecule has 102 valence electrons. The van der Waals surface area contributed by atoms with Crippen LogP contribution in [-0.4, -0.2) is 9.97 Å². The number of nitrogens with one attached hydrogen (secondary N) is 1. The molecular formula is C12H11Br2IN2O2. The lowest BCUT2D eigenvalue weighted by Crippen LogP contribution is -2.17. The highest BCUT2D eigenvalue weighted by atomic mass is 127. The van der Waals surface area contributed by atoms with Gasteiger partial charge in [0.2, 0.25) is 0 Å². The van der Waals surface area contributed by atoms with Crippen molar-refractivity contribution in [3.8, 4) is 11.6 Å². The van der Waals surface area contributed by atoms with Gasteiger partial charge in [0.25, 0.3) is 5.56 Å². The summed E-state index contributed by atoms with van der Waals surface area (Å²) in [7, 11) is 0. The number of hydrogen-bond acceptors (Lipinski definition) is 3. The molecule has 0 aliphatic rings. The molecule has 1 N–H and O–H groups in total. The van der Waals surface area contributed by atoms with Gasteiger partial charge in [-0.1, -0.05) is 13.8 Å². The van der Waals surface area contributed by atoms with E-state index in [0.29, 0.717) is 25.7 Å². The third-order valence-electron chi connectivity index (χ3n) is 2.41. The number of H-pyrrole nitrogens is 1. The summed E-state index contributed by atoms with van der Waals surface area (Å²) in [5.41, 5.74) is 0.669. The highest BCUT2D eigenvalue weighted by Gasteiger charge is 2.15. The van der Waals surface area contributed by atoms with Crippen molar-refractivity contribution >= 4 is 54.5 Å². The van der Waals surface area contributed by atoms with E-state index in [1.165, 1.54) is 0 Å². The number of nitrogens with zero attached hydrogens (tertiary/aromatic N) is 1. The predicted molar refractivity (Wildman–Crippen MR) is 89.2 cm³/mol. The molecule has 0 bridgehead atoms. The van der Waals surface area contributed by atoms with Gasteiger partial charge in [-0.2, -0.15) is 0 Å². The number of furan rings is 1. The Kier molecular flexibility index (Phi) is 4.88. The van der Waals surface area contributed by atoms with Crippen LogP contribution in [-0.2, 0) is 6.42 Å². The minimum absolute atomic E-state index is 0.134. The Morgan fingerprint density at radius 1 is 1.47 bits per heavy atom. The van der Waals surface area contributed by atoms with E-state index in [4.69, 9.17) is 4.42 Å². The highest BCUT2D eigenvalue weighted by molar-refractivity contribution is 14.1. The lowest BCUT2D eigenvalue weighted by atomic mass is 10.1. The molecule has 2 rings (SSSR count). The maximum Gasteiger partial charge on any atom is 0.264 e. The first-order valence-electron chi connectivity index (χ1n) is 5.62. The van der Waals surface area contributed by atoms with Crippen molar-refractivity contribution in [2.75, 3.05) is 0 Å². The van der Waals surface area contributed by atoms with Gasteiger partial charge in [-0.25, -0.2) is 4.98 Å². The van der Waals surface area contributed by atoms with E-state index in [2.05, 4.69) is 55.7 Å². The van der Waals surface area contributed by atoms with Gasteiger partial charge in [-0.15, -0.1) is 0 Å². The van der Waals surface area contributed by atoms with Crippen LogP contribution in [0.25, 0.3) is 11.6 Å². The van der Waals surface area contributed by atoms with Gasteiger partial charge in [0, 0.05) is 6.07 Å². The minimum Gasteiger partial charge on any atom is -0.445 e. The molecule has 2 aromatic heterocycles. The second kappa shape index (κ2) is 6.09. The monoisotopic (exact) mass is 500 g/mol. The Morgan fingerprint density at radius 3 is 2.68 bits per heavy atom. The van der Waals surface area contributed by atoms with Crippen molar-refractivity contribution in [3.63, 3.8) is 0 Å². The quantitative estimate of drug-likeness (QED) is 0.636. The first kappa shape index (κ1) is 15.2. The van der Waals surface area contributed by atoms with Crippen LogP contribution in [0.5, 0.6) is 0 Å². The van der Waals surface area contributed by atoms with Crippen molar-refractivity contribution in [1.29, 1.82) is 0 Å². The van der Waals surface area contributed by atoms with Gasteiger partial charge in [0.05, 0.1) is 13.7 Å². The molecule has 2 heterocycles. The van der Waals surface area contributed by atoms with Crippen LogP contribution in [0.4, 0.5) is 0 Å². The fourth-order valence-electron chi connectivity index (χ4n) is 1.61. The van der Waals surface area contributed by atoms with Gasteiger partial charge >= 0.3 is 0 Å². The van der Waals surface area contributed by atoms with Gasteiger partial charge in [0.15, 0.2) is 16.3 Å². The molecule has 0 atom stereocenters. The molecule has 4 nitrogen and oxygen atoms in total. The molecule has 19 heavy (non-hydrogen) atoms. The molecule has 0 unspecified atom stereocenters. The molecule has 0 aromatic carbocycles. The summed E-state index contributed by atoms with van der Waals surface area (Å²) in [6.45, 7) is 4.19. The summed E-state index contributed by atoms with van der Waals surface area (Å²) < 4.78 is 7.49. The molecule has 0 aliphatic heterocycles. The van der Waals surface area contributed by atoms with Crippen LogP contribution >= 0.6 is 54.5 Å². The second-order valence-corrected chi connectivity index (χ2v) is 7.16. The van der Waals surface area contributed by atoms with Gasteiger partial charge in [-0.3, -0.25) is 4.79 Å². The lowest BCUT2D eigenvalue weighted by Gasteiger charge is -2.07. The fourth-order valence-corrected chi connectivity index (χ4v) is 2.66. The summed E-state index contributed by atoms with van der Waals surface area (Å²) in [6, 6.07) is 1.77. The number of hydrogen-bond donors (Lipinski definition) is 1. The Hall–Kier alpha value is -0.150. The van der Waals surface area contributed by atoms with Crippen LogP contribution in [0.1, 0.15) is 19.5 Å². The minimum atomic E-state index is -0.134. The smallest absolute Gasteiger partial charge is 0.264 e. The summed E-state index contributed by atoms with van der Waals surface area (Å²) >= 11 is 8.64. The molecule has 0 saturated carbocycles. The van der Waals surface area contributed by atoms with E-state index >= 15 is 0 Å². The van der Waals surface area contributed by atoms with E-state index in [1.807, 2.05) is 22.6 Å². The zero-order valence-electron chi connectivity index (χ0n) is 10.3. The topological polar surface area (TPSA) is 58.9 Å². The Labute approximate surface area is 140 Å². The highest BCUT2D eigenvalue weighted by Crippen LogP contribution is 2.31. The second-order valence-electron chi connectivity index (χ2n) is 4.51. The Bertz CT molecular complexity index is 645. The van der Waals surface area contributed by atoms with Crippen molar-refractivity contribution in [1.82, 2.24) is 9.97 Å². The van der Waals surface area contributed by atoms with Crippen molar-refractivity contribution in [3.05, 3.63) is 34.8 Å². The predicted octanol–water partition coefficient (Wildman–Crippen LogP) is 4.36. The van der Waals surface area contributed by atoms with E-state index in [-0.39, 0.29) is 5.56 Å². The van der Waals surface area contributed by atoms with E-state index in [1.54, 1.807) is 6.07 Å². The molecule has 0 radical (unpaired) electrons. The molecule has 7 heteroatoms.